The quantitative estimate of drug-likeness (QED) is 0.573. The summed E-state index contributed by atoms with van der Waals surface area (Å²) in [5.74, 6) is -1.01. The summed E-state index contributed by atoms with van der Waals surface area (Å²) in [5, 5.41) is 9.15. The molecule has 110 valence electrons. The lowest BCUT2D eigenvalue weighted by molar-refractivity contribution is 0.0976. The van der Waals surface area contributed by atoms with Gasteiger partial charge in [0.2, 0.25) is 0 Å². The van der Waals surface area contributed by atoms with Crippen LogP contribution in [0.2, 0.25) is 0 Å². The zero-order chi connectivity index (χ0) is 15.5. The van der Waals surface area contributed by atoms with Crippen LogP contribution >= 0.6 is 0 Å². The first-order chi connectivity index (χ1) is 9.16. The van der Waals surface area contributed by atoms with Crippen LogP contribution in [0.4, 0.5) is 0 Å². The molecule has 1 rings (SSSR count). The van der Waals surface area contributed by atoms with E-state index >= 15 is 0 Å². The molecule has 4 N–H and O–H groups in total. The van der Waals surface area contributed by atoms with Crippen molar-refractivity contribution in [2.24, 2.45) is 5.73 Å². The molecule has 1 aromatic rings. The van der Waals surface area contributed by atoms with E-state index in [1.165, 1.54) is 12.1 Å². The van der Waals surface area contributed by atoms with Crippen molar-refractivity contribution in [3.8, 4) is 0 Å². The van der Waals surface area contributed by atoms with Crippen LogP contribution in [-0.4, -0.2) is 26.5 Å². The van der Waals surface area contributed by atoms with Crippen LogP contribution in [0.3, 0.4) is 0 Å². The third-order valence-corrected chi connectivity index (χ3v) is 4.22. The largest absolute Gasteiger partial charge is 0.370 e. The lowest BCUT2D eigenvalue weighted by atomic mass is 9.97. The average molecular weight is 297 g/mol. The maximum absolute atomic E-state index is 11.9. The predicted molar refractivity (Wildman–Crippen MR) is 77.6 cm³/mol. The molecule has 0 aliphatic rings. The van der Waals surface area contributed by atoms with E-state index in [1.54, 1.807) is 6.07 Å². The average Bonchev–Trinajstić information content (AvgIpc) is 2.35. The van der Waals surface area contributed by atoms with Gasteiger partial charge >= 0.3 is 0 Å². The molecule has 20 heavy (non-hydrogen) atoms. The smallest absolute Gasteiger partial charge is 0.257 e. The molecule has 1 unspecified atom stereocenters. The summed E-state index contributed by atoms with van der Waals surface area (Å²) in [7, 11) is -3.44. The van der Waals surface area contributed by atoms with Gasteiger partial charge in [-0.05, 0) is 30.0 Å². The Morgan fingerprint density at radius 3 is 2.50 bits per heavy atom. The summed E-state index contributed by atoms with van der Waals surface area (Å²) in [4.78, 5) is 11.9. The van der Waals surface area contributed by atoms with Crippen molar-refractivity contribution in [3.05, 3.63) is 29.3 Å². The van der Waals surface area contributed by atoms with Gasteiger partial charge in [-0.15, -0.1) is 0 Å². The fourth-order valence-electron chi connectivity index (χ4n) is 1.82. The van der Waals surface area contributed by atoms with Crippen LogP contribution in [0.25, 0.3) is 0 Å². The van der Waals surface area contributed by atoms with Gasteiger partial charge in [-0.2, -0.15) is 0 Å². The zero-order valence-corrected chi connectivity index (χ0v) is 12.5. The van der Waals surface area contributed by atoms with Gasteiger partial charge in [0.25, 0.3) is 5.91 Å². The second-order valence-electron chi connectivity index (χ2n) is 4.70. The molecule has 0 fully saturated rings. The topological polar surface area (TPSA) is 113 Å². The van der Waals surface area contributed by atoms with E-state index in [0.29, 0.717) is 5.56 Å². The molecule has 6 nitrogen and oxygen atoms in total. The molecule has 0 spiro atoms. The van der Waals surface area contributed by atoms with Crippen LogP contribution in [0.5, 0.6) is 0 Å². The van der Waals surface area contributed by atoms with Crippen molar-refractivity contribution in [1.29, 1.82) is 5.41 Å². The van der Waals surface area contributed by atoms with E-state index < -0.39 is 21.7 Å². The molecule has 1 amide bonds. The number of nitrogens with one attached hydrogen (secondary N) is 2. The molecule has 0 radical (unpaired) electrons. The van der Waals surface area contributed by atoms with Gasteiger partial charge in [0.1, 0.15) is 0 Å². The highest BCUT2D eigenvalue weighted by molar-refractivity contribution is 7.90. The number of guanidine groups is 1. The number of carbonyl (C=O) groups excluding carboxylic acids is 1. The molecule has 0 saturated heterocycles. The Kier molecular flexibility index (Phi) is 4.88. The molecule has 0 aliphatic carbocycles. The predicted octanol–water partition coefficient (Wildman–Crippen LogP) is 1.23. The van der Waals surface area contributed by atoms with Crippen molar-refractivity contribution in [2.45, 2.75) is 31.1 Å². The van der Waals surface area contributed by atoms with Gasteiger partial charge in [-0.3, -0.25) is 15.5 Å². The summed E-state index contributed by atoms with van der Waals surface area (Å²) in [6.45, 7) is 3.90. The molecule has 0 aromatic heterocycles. The summed E-state index contributed by atoms with van der Waals surface area (Å²) < 4.78 is 23.7. The highest BCUT2D eigenvalue weighted by atomic mass is 32.2. The van der Waals surface area contributed by atoms with Crippen LogP contribution < -0.4 is 11.1 Å². The SMILES string of the molecule is CCC(C)c1ccc(C(=O)NC(=N)N)cc1S(C)(=O)=O. The Morgan fingerprint density at radius 2 is 2.05 bits per heavy atom. The molecule has 0 saturated carbocycles. The van der Waals surface area contributed by atoms with Gasteiger partial charge in [-0.25, -0.2) is 8.42 Å². The van der Waals surface area contributed by atoms with Crippen LogP contribution in [0, 0.1) is 5.41 Å². The first kappa shape index (κ1) is 16.2. The van der Waals surface area contributed by atoms with Crippen molar-refractivity contribution in [3.63, 3.8) is 0 Å². The minimum Gasteiger partial charge on any atom is -0.370 e. The van der Waals surface area contributed by atoms with Gasteiger partial charge in [0, 0.05) is 11.8 Å². The van der Waals surface area contributed by atoms with Crippen molar-refractivity contribution >= 4 is 21.7 Å². The Balaban J connectivity index is 3.36. The third-order valence-electron chi connectivity index (χ3n) is 3.07. The first-order valence-electron chi connectivity index (χ1n) is 6.16. The van der Waals surface area contributed by atoms with E-state index in [0.717, 1.165) is 12.7 Å². The van der Waals surface area contributed by atoms with Crippen molar-refractivity contribution < 1.29 is 13.2 Å². The lowest BCUT2D eigenvalue weighted by Crippen LogP contribution is -2.35. The summed E-state index contributed by atoms with van der Waals surface area (Å²) in [6.07, 6.45) is 1.91. The monoisotopic (exact) mass is 297 g/mol. The van der Waals surface area contributed by atoms with Gasteiger partial charge < -0.3 is 5.73 Å². The first-order valence-corrected chi connectivity index (χ1v) is 8.05. The maximum Gasteiger partial charge on any atom is 0.257 e. The molecule has 1 atom stereocenters. The van der Waals surface area contributed by atoms with Crippen LogP contribution in [-0.2, 0) is 9.84 Å². The molecule has 7 heteroatoms. The van der Waals surface area contributed by atoms with Crippen molar-refractivity contribution in [2.75, 3.05) is 6.26 Å². The summed E-state index contributed by atoms with van der Waals surface area (Å²) in [6, 6.07) is 4.50. The highest BCUT2D eigenvalue weighted by Crippen LogP contribution is 2.27. The molecule has 1 aromatic carbocycles. The summed E-state index contributed by atoms with van der Waals surface area (Å²) in [5.41, 5.74) is 5.94. The van der Waals surface area contributed by atoms with Crippen molar-refractivity contribution in [1.82, 2.24) is 5.32 Å². The Bertz CT molecular complexity index is 638. The molecule has 0 bridgehead atoms. The normalized spacial score (nSPS) is 12.8. The molecule has 0 aliphatic heterocycles. The molecule has 0 heterocycles. The minimum atomic E-state index is -3.44. The molecular weight excluding hydrogens is 278 g/mol. The lowest BCUT2D eigenvalue weighted by Gasteiger charge is -2.15. The number of carbonyl (C=O) groups is 1. The second-order valence-corrected chi connectivity index (χ2v) is 6.69. The van der Waals surface area contributed by atoms with E-state index in [-0.39, 0.29) is 16.4 Å². The Hall–Kier alpha value is -1.89. The maximum atomic E-state index is 11.9. The van der Waals surface area contributed by atoms with E-state index in [1.807, 2.05) is 13.8 Å². The van der Waals surface area contributed by atoms with Gasteiger partial charge in [0.05, 0.1) is 4.90 Å². The number of sulfone groups is 1. The minimum absolute atomic E-state index is 0.0737. The number of hydrogen-bond donors (Lipinski definition) is 3. The third kappa shape index (κ3) is 3.80. The molecular formula is C13H19N3O3S. The number of amides is 1. The van der Waals surface area contributed by atoms with Crippen LogP contribution in [0.1, 0.15) is 42.1 Å². The number of benzene rings is 1. The van der Waals surface area contributed by atoms with E-state index in [2.05, 4.69) is 5.32 Å². The second kappa shape index (κ2) is 6.04. The number of hydrogen-bond acceptors (Lipinski definition) is 4. The number of rotatable bonds is 4. The fraction of sp³-hybridized carbons (Fsp3) is 0.385. The summed E-state index contributed by atoms with van der Waals surface area (Å²) >= 11 is 0. The standard InChI is InChI=1S/C13H19N3O3S/c1-4-8(2)10-6-5-9(12(17)16-13(14)15)7-11(10)20(3,18)19/h5-8H,4H2,1-3H3,(H4,14,15,16,17). The van der Waals surface area contributed by atoms with Crippen LogP contribution in [0.15, 0.2) is 23.1 Å². The Labute approximate surface area is 118 Å². The number of nitrogens with two attached hydrogens (primary N) is 1. The highest BCUT2D eigenvalue weighted by Gasteiger charge is 2.19. The van der Waals surface area contributed by atoms with E-state index in [4.69, 9.17) is 11.1 Å². The zero-order valence-electron chi connectivity index (χ0n) is 11.7. The Morgan fingerprint density at radius 1 is 1.45 bits per heavy atom. The van der Waals surface area contributed by atoms with Gasteiger partial charge in [-0.1, -0.05) is 19.9 Å². The van der Waals surface area contributed by atoms with E-state index in [9.17, 15) is 13.2 Å². The fourth-order valence-corrected chi connectivity index (χ4v) is 2.86. The van der Waals surface area contributed by atoms with Gasteiger partial charge in [0.15, 0.2) is 15.8 Å².